The molecule has 0 amide bonds. The molecule has 3 aliphatic carbocycles. The Hall–Kier alpha value is -10.4. The van der Waals surface area contributed by atoms with E-state index in [1.54, 1.807) is 11.1 Å². The zero-order chi connectivity index (χ0) is 56.3. The summed E-state index contributed by atoms with van der Waals surface area (Å²) in [6, 6.07) is 80.3. The number of allylic oxidation sites excluding steroid dienone is 6. The molecule has 15 aromatic rings. The number of fused-ring (bicyclic) bond motifs is 16. The quantitative estimate of drug-likeness (QED) is 0.159. The van der Waals surface area contributed by atoms with Crippen molar-refractivity contribution >= 4 is 105 Å². The van der Waals surface area contributed by atoms with Crippen molar-refractivity contribution in [2.45, 2.75) is 52.4 Å². The van der Waals surface area contributed by atoms with Crippen LogP contribution < -0.4 is 0 Å². The van der Waals surface area contributed by atoms with Crippen molar-refractivity contribution < 1.29 is 0 Å². The number of aromatic nitrogens is 5. The van der Waals surface area contributed by atoms with E-state index < -0.39 is 0 Å². The number of para-hydroxylation sites is 6. The minimum Gasteiger partial charge on any atom is -0.310 e. The van der Waals surface area contributed by atoms with E-state index in [4.69, 9.17) is 0 Å². The molecule has 10 aromatic carbocycles. The smallest absolute Gasteiger partial charge is 0.0641 e. The Bertz CT molecular complexity index is 5250. The first-order valence-corrected chi connectivity index (χ1v) is 30.3. The van der Waals surface area contributed by atoms with E-state index in [9.17, 15) is 0 Å². The molecule has 0 atom stereocenters. The SMILES string of the molecule is C1=CC(n2c3ccccc3c3c2ccc2c4ccccc4n(-c4cccc(-n5c6ccccc6c6ccccc65)c4)c23)=CCC1.Cc1cc(-n2c3c(c4c2C=CCC4)CCC=C3)ccc1-c1ccc(-n2c3ccccc3c3ccccc32)cc1C. The van der Waals surface area contributed by atoms with E-state index in [-0.39, 0.29) is 0 Å². The van der Waals surface area contributed by atoms with Crippen molar-refractivity contribution in [3.63, 3.8) is 0 Å². The van der Waals surface area contributed by atoms with E-state index in [1.807, 2.05) is 0 Å². The molecule has 406 valence electrons. The normalized spacial score (nSPS) is 13.9. The van der Waals surface area contributed by atoms with Crippen molar-refractivity contribution in [3.8, 4) is 33.9 Å². The number of nitrogens with zero attached hydrogens (tertiary/aromatic N) is 5. The minimum atomic E-state index is 1.07. The highest BCUT2D eigenvalue weighted by Crippen LogP contribution is 2.44. The van der Waals surface area contributed by atoms with Crippen LogP contribution >= 0.6 is 0 Å². The molecule has 5 heterocycles. The highest BCUT2D eigenvalue weighted by molar-refractivity contribution is 6.26. The van der Waals surface area contributed by atoms with Gasteiger partial charge in [0, 0.05) is 82.9 Å². The van der Waals surface area contributed by atoms with Gasteiger partial charge in [-0.3, -0.25) is 0 Å². The van der Waals surface area contributed by atoms with Crippen LogP contribution in [0.4, 0.5) is 0 Å². The second kappa shape index (κ2) is 19.6. The summed E-state index contributed by atoms with van der Waals surface area (Å²) in [6.45, 7) is 4.50. The fourth-order valence-corrected chi connectivity index (χ4v) is 14.9. The summed E-state index contributed by atoms with van der Waals surface area (Å²) in [5.74, 6) is 0. The van der Waals surface area contributed by atoms with E-state index >= 15 is 0 Å². The molecule has 0 unspecified atom stereocenters. The second-order valence-electron chi connectivity index (χ2n) is 23.4. The van der Waals surface area contributed by atoms with Gasteiger partial charge in [-0.25, -0.2) is 0 Å². The predicted octanol–water partition coefficient (Wildman–Crippen LogP) is 21.0. The van der Waals surface area contributed by atoms with Crippen LogP contribution in [0.15, 0.2) is 249 Å². The van der Waals surface area contributed by atoms with Crippen molar-refractivity contribution in [2.24, 2.45) is 0 Å². The van der Waals surface area contributed by atoms with Gasteiger partial charge in [-0.2, -0.15) is 0 Å². The summed E-state index contributed by atoms with van der Waals surface area (Å²) < 4.78 is 12.2. The van der Waals surface area contributed by atoms with Crippen molar-refractivity contribution in [3.05, 3.63) is 282 Å². The molecule has 3 aliphatic rings. The van der Waals surface area contributed by atoms with Gasteiger partial charge in [0.2, 0.25) is 0 Å². The first-order valence-electron chi connectivity index (χ1n) is 30.3. The summed E-state index contributed by atoms with van der Waals surface area (Å²) in [5.41, 5.74) is 27.0. The molecule has 0 aliphatic heterocycles. The Morgan fingerprint density at radius 3 is 1.21 bits per heavy atom. The highest BCUT2D eigenvalue weighted by atomic mass is 15.0. The van der Waals surface area contributed by atoms with Crippen LogP contribution in [0.1, 0.15) is 59.3 Å². The zero-order valence-corrected chi connectivity index (χ0v) is 47.8. The van der Waals surface area contributed by atoms with Crippen molar-refractivity contribution in [1.82, 2.24) is 22.8 Å². The molecule has 5 heteroatoms. The third kappa shape index (κ3) is 7.62. The molecular formula is C80H61N5. The summed E-state index contributed by atoms with van der Waals surface area (Å²) in [7, 11) is 0. The summed E-state index contributed by atoms with van der Waals surface area (Å²) in [4.78, 5) is 0. The van der Waals surface area contributed by atoms with Crippen LogP contribution in [-0.2, 0) is 12.8 Å². The van der Waals surface area contributed by atoms with Gasteiger partial charge in [0.15, 0.2) is 0 Å². The van der Waals surface area contributed by atoms with Gasteiger partial charge in [0.1, 0.15) is 0 Å². The van der Waals surface area contributed by atoms with Crippen LogP contribution in [-0.4, -0.2) is 22.8 Å². The minimum absolute atomic E-state index is 1.07. The molecule has 18 rings (SSSR count). The van der Waals surface area contributed by atoms with Gasteiger partial charge in [0.25, 0.3) is 0 Å². The van der Waals surface area contributed by atoms with Crippen LogP contribution in [0.2, 0.25) is 0 Å². The Morgan fingerprint density at radius 1 is 0.294 bits per heavy atom. The van der Waals surface area contributed by atoms with E-state index in [1.165, 1.54) is 138 Å². The summed E-state index contributed by atoms with van der Waals surface area (Å²) in [5, 5.41) is 10.3. The fourth-order valence-electron chi connectivity index (χ4n) is 14.9. The summed E-state index contributed by atoms with van der Waals surface area (Å²) >= 11 is 0. The average Bonchev–Trinajstić information content (AvgIpc) is 1.72. The molecule has 0 fully saturated rings. The topological polar surface area (TPSA) is 24.6 Å². The molecule has 0 saturated carbocycles. The van der Waals surface area contributed by atoms with Gasteiger partial charge in [-0.15, -0.1) is 0 Å². The lowest BCUT2D eigenvalue weighted by Gasteiger charge is -2.17. The van der Waals surface area contributed by atoms with Gasteiger partial charge >= 0.3 is 0 Å². The Labute approximate surface area is 493 Å². The first-order chi connectivity index (χ1) is 42.1. The average molecular weight is 1090 g/mol. The van der Waals surface area contributed by atoms with Gasteiger partial charge in [-0.1, -0.05) is 158 Å². The van der Waals surface area contributed by atoms with Crippen molar-refractivity contribution in [1.29, 1.82) is 0 Å². The molecule has 0 radical (unpaired) electrons. The van der Waals surface area contributed by atoms with Gasteiger partial charge in [-0.05, 0) is 189 Å². The Morgan fingerprint density at radius 2 is 0.718 bits per heavy atom. The number of rotatable bonds is 6. The van der Waals surface area contributed by atoms with Gasteiger partial charge in [0.05, 0.1) is 44.1 Å². The molecule has 0 spiro atoms. The lowest BCUT2D eigenvalue weighted by molar-refractivity contribution is 0.922. The zero-order valence-electron chi connectivity index (χ0n) is 47.8. The molecule has 0 N–H and O–H groups in total. The number of benzene rings is 10. The number of aryl methyl sites for hydroxylation is 2. The third-order valence-corrected chi connectivity index (χ3v) is 18.6. The predicted molar refractivity (Wildman–Crippen MR) is 360 cm³/mol. The first kappa shape index (κ1) is 49.3. The maximum Gasteiger partial charge on any atom is 0.0641 e. The van der Waals surface area contributed by atoms with Crippen molar-refractivity contribution in [2.75, 3.05) is 0 Å². The maximum atomic E-state index is 2.49. The number of hydrogen-bond donors (Lipinski definition) is 0. The third-order valence-electron chi connectivity index (χ3n) is 18.6. The largest absolute Gasteiger partial charge is 0.310 e. The summed E-state index contributed by atoms with van der Waals surface area (Å²) in [6.07, 6.45) is 23.1. The van der Waals surface area contributed by atoms with Crippen LogP contribution in [0, 0.1) is 13.8 Å². The lowest BCUT2D eigenvalue weighted by atomic mass is 9.94. The highest BCUT2D eigenvalue weighted by Gasteiger charge is 2.25. The number of hydrogen-bond acceptors (Lipinski definition) is 0. The molecule has 0 saturated heterocycles. The standard InChI is InChI=1S/C42H29N3.C38H32N2/c1-2-13-28(14-3-1)43-39-24-11-7-20-35(39)41-40(43)26-25-34-33-19-6-10-23-38(33)45(42(34)41)30-16-12-15-29(27-30)44-36-21-8-4-17-31(36)32-18-5-9-22-37(32)44;1-25-23-27(39-35-15-7-3-11-31(35)32-12-4-8-16-36(32)39)19-21-29(25)30-22-20-28(24-26(30)2)40-37-17-9-5-13-33(37)34-14-6-10-18-38(34)40/h2,4-27H,1,3H2;3-4,7-12,15-24H,5-6,13-14H2,1-2H3. The van der Waals surface area contributed by atoms with E-state index in [0.717, 1.165) is 49.9 Å². The molecular weight excluding hydrogens is 1030 g/mol. The van der Waals surface area contributed by atoms with E-state index in [2.05, 4.69) is 298 Å². The Balaban J connectivity index is 0.000000134. The van der Waals surface area contributed by atoms with Gasteiger partial charge < -0.3 is 22.8 Å². The molecule has 5 nitrogen and oxygen atoms in total. The van der Waals surface area contributed by atoms with Crippen LogP contribution in [0.5, 0.6) is 0 Å². The lowest BCUT2D eigenvalue weighted by Crippen LogP contribution is -2.03. The fraction of sp³-hybridized carbons (Fsp3) is 0.100. The van der Waals surface area contributed by atoms with E-state index in [0.29, 0.717) is 0 Å². The Kier molecular flexibility index (Phi) is 11.4. The van der Waals surface area contributed by atoms with Crippen LogP contribution in [0.25, 0.3) is 139 Å². The monoisotopic (exact) mass is 1090 g/mol. The molecule has 5 aromatic heterocycles. The second-order valence-corrected chi connectivity index (χ2v) is 23.4. The van der Waals surface area contributed by atoms with Crippen LogP contribution in [0.3, 0.4) is 0 Å². The molecule has 85 heavy (non-hydrogen) atoms. The molecule has 0 bridgehead atoms. The maximum absolute atomic E-state index is 2.49.